The van der Waals surface area contributed by atoms with E-state index in [9.17, 15) is 9.59 Å². The van der Waals surface area contributed by atoms with Gasteiger partial charge in [-0.15, -0.1) is 0 Å². The first-order chi connectivity index (χ1) is 31.6. The van der Waals surface area contributed by atoms with E-state index in [0.29, 0.717) is 0 Å². The average Bonchev–Trinajstić information content (AvgIpc) is 3.32. The number of fused-ring (bicyclic) bond motifs is 2. The number of hydrogen-bond acceptors (Lipinski definition) is 4. The predicted octanol–water partition coefficient (Wildman–Crippen LogP) is 17.7. The largest absolute Gasteiger partial charge is 0.341 e. The second kappa shape index (κ2) is 31.3. The van der Waals surface area contributed by atoms with Crippen LogP contribution >= 0.6 is 0 Å². The van der Waals surface area contributed by atoms with E-state index in [1.54, 1.807) is 0 Å². The Labute approximate surface area is 392 Å². The molecule has 1 aliphatic carbocycles. The van der Waals surface area contributed by atoms with E-state index in [1.165, 1.54) is 215 Å². The lowest BCUT2D eigenvalue weighted by atomic mass is 9.71. The Morgan fingerprint density at radius 2 is 0.625 bits per heavy atom. The van der Waals surface area contributed by atoms with Crippen molar-refractivity contribution in [1.82, 2.24) is 0 Å². The first-order valence-electron chi connectivity index (χ1n) is 27.2. The van der Waals surface area contributed by atoms with Gasteiger partial charge in [-0.25, -0.2) is 0 Å². The van der Waals surface area contributed by atoms with Crippen molar-refractivity contribution < 1.29 is 9.59 Å². The minimum atomic E-state index is -0.686. The second-order valence-corrected chi connectivity index (χ2v) is 19.6. The third-order valence-electron chi connectivity index (χ3n) is 14.3. The summed E-state index contributed by atoms with van der Waals surface area (Å²) >= 11 is 0. The number of carbonyl (C=O) groups excluding carboxylic acids is 2. The van der Waals surface area contributed by atoms with Gasteiger partial charge in [-0.2, -0.15) is 0 Å². The Bertz CT molecular complexity index is 1610. The number of carbonyl (C=O) groups is 2. The van der Waals surface area contributed by atoms with Crippen LogP contribution in [0.5, 0.6) is 0 Å². The van der Waals surface area contributed by atoms with E-state index in [-0.39, 0.29) is 11.6 Å². The molecule has 0 N–H and O–H groups in total. The molecule has 4 nitrogen and oxygen atoms in total. The van der Waals surface area contributed by atoms with Gasteiger partial charge in [0.15, 0.2) is 11.6 Å². The monoisotopic (exact) mass is 871 g/mol. The van der Waals surface area contributed by atoms with Crippen LogP contribution in [0.1, 0.15) is 230 Å². The van der Waals surface area contributed by atoms with Gasteiger partial charge in [-0.1, -0.05) is 255 Å². The van der Waals surface area contributed by atoms with Gasteiger partial charge in [-0.05, 0) is 60.4 Å². The van der Waals surface area contributed by atoms with Gasteiger partial charge in [0.2, 0.25) is 0 Å². The fourth-order valence-electron chi connectivity index (χ4n) is 10.2. The number of unbranched alkanes of at least 4 members (excludes halogenated alkanes) is 30. The fourth-order valence-corrected chi connectivity index (χ4v) is 10.2. The zero-order valence-electron chi connectivity index (χ0n) is 41.0. The summed E-state index contributed by atoms with van der Waals surface area (Å²) in [5.41, 5.74) is 6.69. The molecule has 1 saturated carbocycles. The quantitative estimate of drug-likeness (QED) is 0.0505. The first-order valence-corrected chi connectivity index (χ1v) is 27.2. The summed E-state index contributed by atoms with van der Waals surface area (Å²) in [7, 11) is 0. The highest BCUT2D eigenvalue weighted by Crippen LogP contribution is 2.38. The molecule has 2 aromatic carbocycles. The van der Waals surface area contributed by atoms with E-state index in [0.717, 1.165) is 37.3 Å². The third-order valence-corrected chi connectivity index (χ3v) is 14.3. The van der Waals surface area contributed by atoms with E-state index in [2.05, 4.69) is 96.5 Å². The number of anilines is 2. The standard InChI is InChI=1S/C60H90N2O2/c1-3-5-7-9-11-13-15-17-19-21-23-25-27-29-31-37-47-61-53(45-43-51-39-33-35-41-57(51)61)49-55-59(63)56(60(55)64)50-54-46-44-52-40-34-36-42-58(52)62(54)48-38-32-30-28-26-24-22-20-18-16-14-12-10-8-6-4-2/h33-36,39-46,49-50,55-56H,3-32,37-38,47-48H2,1-2H3/b53-49+,54-50+. The Hall–Kier alpha value is -3.66. The molecule has 0 atom stereocenters. The van der Waals surface area contributed by atoms with Crippen LogP contribution in [0, 0.1) is 11.8 Å². The molecule has 0 bridgehead atoms. The van der Waals surface area contributed by atoms with Crippen molar-refractivity contribution in [1.29, 1.82) is 0 Å². The molecular weight excluding hydrogens is 781 g/mol. The maximum atomic E-state index is 13.9. The average molecular weight is 871 g/mol. The molecule has 0 radical (unpaired) electrons. The fraction of sp³-hybridized carbons (Fsp3) is 0.633. The minimum Gasteiger partial charge on any atom is -0.341 e. The summed E-state index contributed by atoms with van der Waals surface area (Å²) in [5.74, 6) is -1.33. The second-order valence-electron chi connectivity index (χ2n) is 19.6. The smallest absolute Gasteiger partial charge is 0.161 e. The summed E-state index contributed by atoms with van der Waals surface area (Å²) in [5, 5.41) is 0. The zero-order valence-corrected chi connectivity index (χ0v) is 41.0. The highest BCUT2D eigenvalue weighted by atomic mass is 16.2. The molecule has 2 aromatic rings. The van der Waals surface area contributed by atoms with E-state index in [1.807, 2.05) is 12.2 Å². The van der Waals surface area contributed by atoms with Gasteiger partial charge in [0, 0.05) is 35.9 Å². The number of nitrogens with zero attached hydrogens (tertiary/aromatic N) is 2. The SMILES string of the molecule is CCCCCCCCCCCCCCCCCCN1/C(=C/C2C(=O)C(/C=C3\C=Cc4ccccc4N3CCCCCCCCCCCCCCCCCC)C2=O)C=Cc2ccccc21. The van der Waals surface area contributed by atoms with Crippen molar-refractivity contribution in [2.75, 3.05) is 22.9 Å². The molecule has 4 heteroatoms. The van der Waals surface area contributed by atoms with E-state index < -0.39 is 11.8 Å². The molecule has 0 unspecified atom stereocenters. The molecule has 1 fully saturated rings. The van der Waals surface area contributed by atoms with Crippen LogP contribution in [-0.2, 0) is 9.59 Å². The van der Waals surface area contributed by atoms with Gasteiger partial charge in [0.25, 0.3) is 0 Å². The van der Waals surface area contributed by atoms with Gasteiger partial charge in [0.05, 0.1) is 11.8 Å². The van der Waals surface area contributed by atoms with E-state index in [4.69, 9.17) is 0 Å². The molecule has 0 aromatic heterocycles. The van der Waals surface area contributed by atoms with Crippen LogP contribution in [0.3, 0.4) is 0 Å². The molecule has 3 aliphatic rings. The molecule has 5 rings (SSSR count). The number of allylic oxidation sites excluding steroid dienone is 4. The van der Waals surface area contributed by atoms with Gasteiger partial charge < -0.3 is 9.80 Å². The highest BCUT2D eigenvalue weighted by molar-refractivity contribution is 6.26. The normalized spacial score (nSPS) is 18.0. The molecule has 0 amide bonds. The lowest BCUT2D eigenvalue weighted by Gasteiger charge is -2.35. The number of benzene rings is 2. The molecule has 2 aliphatic heterocycles. The topological polar surface area (TPSA) is 40.6 Å². The Kier molecular flexibility index (Phi) is 25.1. The minimum absolute atomic E-state index is 0.0224. The van der Waals surface area contributed by atoms with Gasteiger partial charge >= 0.3 is 0 Å². The summed E-state index contributed by atoms with van der Waals surface area (Å²) in [6.07, 6.45) is 55.8. The summed E-state index contributed by atoms with van der Waals surface area (Å²) in [4.78, 5) is 32.4. The molecule has 2 heterocycles. The van der Waals surface area contributed by atoms with Crippen LogP contribution in [0.25, 0.3) is 12.2 Å². The van der Waals surface area contributed by atoms with Crippen molar-refractivity contribution >= 4 is 35.1 Å². The van der Waals surface area contributed by atoms with Crippen molar-refractivity contribution in [2.24, 2.45) is 11.8 Å². The first kappa shape index (κ1) is 51.3. The number of hydrogen-bond donors (Lipinski definition) is 0. The van der Waals surface area contributed by atoms with Crippen molar-refractivity contribution in [3.63, 3.8) is 0 Å². The zero-order chi connectivity index (χ0) is 44.9. The number of rotatable bonds is 36. The van der Waals surface area contributed by atoms with Crippen molar-refractivity contribution in [3.05, 3.63) is 95.4 Å². The Morgan fingerprint density at radius 1 is 0.359 bits per heavy atom. The van der Waals surface area contributed by atoms with E-state index >= 15 is 0 Å². The maximum Gasteiger partial charge on any atom is 0.161 e. The number of para-hydroxylation sites is 2. The number of ketones is 2. The Balaban J connectivity index is 1.03. The molecular formula is C60H90N2O2. The lowest BCUT2D eigenvalue weighted by molar-refractivity contribution is -0.146. The summed E-state index contributed by atoms with van der Waals surface area (Å²) < 4.78 is 0. The van der Waals surface area contributed by atoms with Crippen LogP contribution < -0.4 is 9.80 Å². The lowest BCUT2D eigenvalue weighted by Crippen LogP contribution is -2.47. The van der Waals surface area contributed by atoms with Crippen LogP contribution in [-0.4, -0.2) is 24.7 Å². The van der Waals surface area contributed by atoms with Crippen LogP contribution in [0.2, 0.25) is 0 Å². The third kappa shape index (κ3) is 17.6. The predicted molar refractivity (Wildman–Crippen MR) is 278 cm³/mol. The molecule has 0 spiro atoms. The maximum absolute atomic E-state index is 13.9. The molecule has 352 valence electrons. The number of Topliss-reactive ketones (excluding diaryl/α,β-unsaturated/α-hetero) is 2. The van der Waals surface area contributed by atoms with Crippen molar-refractivity contribution in [3.8, 4) is 0 Å². The van der Waals surface area contributed by atoms with Crippen LogP contribution in [0.15, 0.2) is 84.2 Å². The summed E-state index contributed by atoms with van der Waals surface area (Å²) in [6, 6.07) is 17.0. The Morgan fingerprint density at radius 3 is 0.922 bits per heavy atom. The highest BCUT2D eigenvalue weighted by Gasteiger charge is 2.47. The molecule has 0 saturated heterocycles. The molecule has 64 heavy (non-hydrogen) atoms. The van der Waals surface area contributed by atoms with Crippen LogP contribution in [0.4, 0.5) is 11.4 Å². The van der Waals surface area contributed by atoms with Crippen molar-refractivity contribution in [2.45, 2.75) is 219 Å². The summed E-state index contributed by atoms with van der Waals surface area (Å²) in [6.45, 7) is 6.38. The van der Waals surface area contributed by atoms with Gasteiger partial charge in [0.1, 0.15) is 0 Å². The van der Waals surface area contributed by atoms with Gasteiger partial charge in [-0.3, -0.25) is 9.59 Å².